The number of sulfonamides is 1. The van der Waals surface area contributed by atoms with Crippen molar-refractivity contribution in [1.29, 1.82) is 0 Å². The number of carbonyl (C=O) groups is 4. The van der Waals surface area contributed by atoms with Crippen LogP contribution in [0.5, 0.6) is 17.4 Å². The van der Waals surface area contributed by atoms with Gasteiger partial charge in [-0.05, 0) is 71.4 Å². The van der Waals surface area contributed by atoms with Gasteiger partial charge in [0.05, 0.1) is 36.7 Å². The van der Waals surface area contributed by atoms with Gasteiger partial charge in [0.25, 0.3) is 5.91 Å². The minimum Gasteiger partial charge on any atom is -0.496 e. The molecule has 2 aliphatic carbocycles. The van der Waals surface area contributed by atoms with E-state index < -0.39 is 74.6 Å². The van der Waals surface area contributed by atoms with E-state index >= 15 is 0 Å². The second kappa shape index (κ2) is 16.1. The first kappa shape index (κ1) is 40.2. The third kappa shape index (κ3) is 8.66. The molecule has 5 aliphatic rings. The minimum atomic E-state index is -3.91. The van der Waals surface area contributed by atoms with Crippen molar-refractivity contribution < 1.29 is 41.8 Å². The number of benzene rings is 1. The maximum Gasteiger partial charge on any atom is 0.259 e. The fraction of sp³-hybridized carbons (Fsp3) is 0.590. The third-order valence-electron chi connectivity index (χ3n) is 11.1. The minimum absolute atomic E-state index is 0.0208. The second-order valence-corrected chi connectivity index (χ2v) is 17.8. The number of methoxy groups -OCH3 is 1. The average Bonchev–Trinajstić information content (AvgIpc) is 4.05. The Hall–Kier alpha value is -4.97. The maximum absolute atomic E-state index is 14.7. The molecule has 2 aromatic rings. The van der Waals surface area contributed by atoms with Gasteiger partial charge in [-0.3, -0.25) is 23.9 Å². The van der Waals surface area contributed by atoms with E-state index in [0.29, 0.717) is 60.4 Å². The van der Waals surface area contributed by atoms with Gasteiger partial charge in [-0.1, -0.05) is 25.0 Å². The van der Waals surface area contributed by atoms with Crippen molar-refractivity contribution in [2.75, 3.05) is 20.7 Å². The van der Waals surface area contributed by atoms with Crippen molar-refractivity contribution in [3.63, 3.8) is 0 Å². The summed E-state index contributed by atoms with van der Waals surface area (Å²) < 4.78 is 46.3. The zero-order valence-electron chi connectivity index (χ0n) is 32.9. The Balaban J connectivity index is 1.22. The lowest BCUT2D eigenvalue weighted by Gasteiger charge is -2.30. The van der Waals surface area contributed by atoms with Crippen LogP contribution in [0.4, 0.5) is 0 Å². The highest BCUT2D eigenvalue weighted by Gasteiger charge is 2.62. The fourth-order valence-corrected chi connectivity index (χ4v) is 9.19. The van der Waals surface area contributed by atoms with E-state index in [0.717, 1.165) is 18.4 Å². The SMILES string of the molecule is COc1ccc2c(O[C@@H]3C[C@H]4C(=O)N[C@]5(C(=O)NS(=O)(=O)C6CC6)C[C@H]5/C=C\CCCCC[C@H](NC(=O)C5C=NN(C)N5)C(=O)N4C3)cc(OC(C)C)nc2c1C. The predicted molar refractivity (Wildman–Crippen MR) is 210 cm³/mol. The zero-order valence-corrected chi connectivity index (χ0v) is 33.8. The number of rotatable bonds is 10. The quantitative estimate of drug-likeness (QED) is 0.254. The van der Waals surface area contributed by atoms with Crippen LogP contribution in [0.25, 0.3) is 10.9 Å². The summed E-state index contributed by atoms with van der Waals surface area (Å²) in [7, 11) is -0.676. The smallest absolute Gasteiger partial charge is 0.259 e. The molecule has 18 heteroatoms. The van der Waals surface area contributed by atoms with Crippen LogP contribution in [-0.2, 0) is 29.2 Å². The molecule has 3 aliphatic heterocycles. The van der Waals surface area contributed by atoms with Crippen LogP contribution in [0.2, 0.25) is 0 Å². The summed E-state index contributed by atoms with van der Waals surface area (Å²) in [6.07, 6.45) is 8.73. The average molecular weight is 809 g/mol. The Morgan fingerprint density at radius 1 is 1.09 bits per heavy atom. The van der Waals surface area contributed by atoms with Gasteiger partial charge in [0.15, 0.2) is 0 Å². The molecule has 3 fully saturated rings. The van der Waals surface area contributed by atoms with Gasteiger partial charge < -0.3 is 29.7 Å². The van der Waals surface area contributed by atoms with Gasteiger partial charge >= 0.3 is 0 Å². The van der Waals surface area contributed by atoms with Crippen LogP contribution in [0.3, 0.4) is 0 Å². The molecule has 7 rings (SSSR count). The van der Waals surface area contributed by atoms with Crippen LogP contribution in [0.15, 0.2) is 35.5 Å². The normalized spacial score (nSPS) is 28.5. The number of fused-ring (bicyclic) bond motifs is 3. The van der Waals surface area contributed by atoms with Crippen molar-refractivity contribution in [2.45, 2.75) is 120 Å². The number of hydrogen-bond acceptors (Lipinski definition) is 13. The second-order valence-electron chi connectivity index (χ2n) is 15.9. The van der Waals surface area contributed by atoms with Crippen molar-refractivity contribution in [1.82, 2.24) is 35.8 Å². The summed E-state index contributed by atoms with van der Waals surface area (Å²) >= 11 is 0. The molecule has 308 valence electrons. The van der Waals surface area contributed by atoms with E-state index in [4.69, 9.17) is 19.2 Å². The van der Waals surface area contributed by atoms with E-state index in [-0.39, 0.29) is 25.5 Å². The van der Waals surface area contributed by atoms with Gasteiger partial charge in [0.1, 0.15) is 41.3 Å². The number of ether oxygens (including phenoxy) is 3. The number of amides is 4. The highest BCUT2D eigenvalue weighted by Crippen LogP contribution is 2.46. The number of carbonyl (C=O) groups excluding carboxylic acids is 4. The molecule has 1 aromatic heterocycles. The van der Waals surface area contributed by atoms with E-state index in [1.807, 2.05) is 45.1 Å². The number of hydrazine groups is 1. The molecular weight excluding hydrogens is 757 g/mol. The first-order valence-corrected chi connectivity index (χ1v) is 21.2. The Morgan fingerprint density at radius 3 is 2.58 bits per heavy atom. The lowest BCUT2D eigenvalue weighted by molar-refractivity contribution is -0.142. The van der Waals surface area contributed by atoms with Crippen LogP contribution in [0, 0.1) is 12.8 Å². The molecule has 1 saturated heterocycles. The molecule has 4 amide bonds. The summed E-state index contributed by atoms with van der Waals surface area (Å²) in [4.78, 5) is 62.6. The van der Waals surface area contributed by atoms with Crippen LogP contribution >= 0.6 is 0 Å². The first-order chi connectivity index (χ1) is 27.2. The Kier molecular flexibility index (Phi) is 11.4. The number of aryl methyl sites for hydroxylation is 1. The summed E-state index contributed by atoms with van der Waals surface area (Å²) in [6, 6.07) is 2.43. The fourth-order valence-electron chi connectivity index (χ4n) is 7.83. The number of hydrazone groups is 1. The van der Waals surface area contributed by atoms with Crippen LogP contribution in [-0.4, -0.2) is 115 Å². The summed E-state index contributed by atoms with van der Waals surface area (Å²) in [5.74, 6) is -1.40. The highest BCUT2D eigenvalue weighted by molar-refractivity contribution is 7.91. The van der Waals surface area contributed by atoms with Crippen molar-refractivity contribution in [2.24, 2.45) is 11.0 Å². The Labute approximate surface area is 332 Å². The molecule has 1 aromatic carbocycles. The van der Waals surface area contributed by atoms with Crippen molar-refractivity contribution >= 4 is 50.8 Å². The van der Waals surface area contributed by atoms with Gasteiger partial charge in [0.2, 0.25) is 33.6 Å². The molecule has 0 radical (unpaired) electrons. The Bertz CT molecular complexity index is 2090. The molecular formula is C39H52N8O9S. The highest BCUT2D eigenvalue weighted by atomic mass is 32.2. The molecule has 2 saturated carbocycles. The molecule has 4 heterocycles. The van der Waals surface area contributed by atoms with Crippen molar-refractivity contribution in [3.8, 4) is 17.4 Å². The molecule has 17 nitrogen and oxygen atoms in total. The van der Waals surface area contributed by atoms with E-state index in [1.54, 1.807) is 20.2 Å². The molecule has 0 spiro atoms. The number of pyridine rings is 1. The number of aromatic nitrogens is 1. The number of nitrogens with zero attached hydrogens (tertiary/aromatic N) is 4. The summed E-state index contributed by atoms with van der Waals surface area (Å²) in [5.41, 5.74) is 2.76. The van der Waals surface area contributed by atoms with Gasteiger partial charge in [0, 0.05) is 36.4 Å². The van der Waals surface area contributed by atoms with Gasteiger partial charge in [-0.2, -0.15) is 5.10 Å². The third-order valence-corrected chi connectivity index (χ3v) is 13.0. The summed E-state index contributed by atoms with van der Waals surface area (Å²) in [5, 5.41) is 11.3. The largest absolute Gasteiger partial charge is 0.496 e. The van der Waals surface area contributed by atoms with E-state index in [2.05, 4.69) is 25.9 Å². The number of nitrogens with one attached hydrogen (secondary N) is 4. The molecule has 4 N–H and O–H groups in total. The molecule has 1 unspecified atom stereocenters. The maximum atomic E-state index is 14.7. The predicted octanol–water partition coefficient (Wildman–Crippen LogP) is 1.98. The van der Waals surface area contributed by atoms with Crippen LogP contribution in [0.1, 0.15) is 77.2 Å². The summed E-state index contributed by atoms with van der Waals surface area (Å²) in [6.45, 7) is 5.63. The monoisotopic (exact) mass is 808 g/mol. The number of hydrogen-bond donors (Lipinski definition) is 4. The molecule has 57 heavy (non-hydrogen) atoms. The lowest BCUT2D eigenvalue weighted by Crippen LogP contribution is -2.59. The topological polar surface area (TPSA) is 210 Å². The lowest BCUT2D eigenvalue weighted by atomic mass is 10.0. The van der Waals surface area contributed by atoms with Gasteiger partial charge in [-0.25, -0.2) is 23.9 Å². The molecule has 6 atom stereocenters. The number of allylic oxidation sites excluding steroid dienone is 1. The van der Waals surface area contributed by atoms with Crippen LogP contribution < -0.4 is 35.0 Å². The first-order valence-electron chi connectivity index (χ1n) is 19.7. The Morgan fingerprint density at radius 2 is 1.88 bits per heavy atom. The van der Waals surface area contributed by atoms with Crippen molar-refractivity contribution in [3.05, 3.63) is 35.9 Å². The standard InChI is InChI=1S/C39H52N8O9S/c1-22(2)55-33-18-32(27-15-16-31(54-5)23(3)34(27)42-33)56-25-17-30-36(49)43-39(38(51)45-57(52,53)26-13-14-26)19-24(39)11-9-7-6-8-10-12-28(37(50)47(30)21-25)41-35(48)29-20-40-46(4)44-29/h9,11,15-16,18,20,22,24-26,28-30,44H,6-8,10,12-14,17,19,21H2,1-5H3,(H,41,48)(H,43,49)(H,45,51)/b11-9-/t24-,25-,28+,29?,30+,39-/m1/s1. The van der Waals surface area contributed by atoms with E-state index in [9.17, 15) is 27.6 Å². The zero-order chi connectivity index (χ0) is 40.6. The van der Waals surface area contributed by atoms with E-state index in [1.165, 1.54) is 16.2 Å². The molecule has 0 bridgehead atoms. The van der Waals surface area contributed by atoms with Gasteiger partial charge in [-0.15, -0.1) is 0 Å².